The van der Waals surface area contributed by atoms with Crippen LogP contribution < -0.4 is 0 Å². The van der Waals surface area contributed by atoms with Crippen molar-refractivity contribution in [1.29, 1.82) is 0 Å². The lowest BCUT2D eigenvalue weighted by Crippen LogP contribution is -1.84. The van der Waals surface area contributed by atoms with Gasteiger partial charge in [-0.2, -0.15) is 0 Å². The maximum atomic E-state index is 5.28. The minimum absolute atomic E-state index is 0.520. The van der Waals surface area contributed by atoms with E-state index in [9.17, 15) is 0 Å². The van der Waals surface area contributed by atoms with Crippen molar-refractivity contribution in [2.45, 2.75) is 0 Å². The Kier molecular flexibility index (Phi) is 1.32. The summed E-state index contributed by atoms with van der Waals surface area (Å²) in [7, 11) is 1.90. The van der Waals surface area contributed by atoms with E-state index in [1.54, 1.807) is 0 Å². The fourth-order valence-electron chi connectivity index (χ4n) is 1.08. The van der Waals surface area contributed by atoms with Crippen molar-refractivity contribution < 1.29 is 4.42 Å². The quantitative estimate of drug-likeness (QED) is 0.558. The summed E-state index contributed by atoms with van der Waals surface area (Å²) >= 11 is 4.95. The Morgan fingerprint density at radius 2 is 2.09 bits per heavy atom. The highest BCUT2D eigenvalue weighted by molar-refractivity contribution is 7.71. The number of hydrogen-bond acceptors (Lipinski definition) is 2. The van der Waals surface area contributed by atoms with Crippen molar-refractivity contribution in [2.24, 2.45) is 7.05 Å². The molecule has 1 aromatic carbocycles. The zero-order valence-corrected chi connectivity index (χ0v) is 6.89. The molecule has 0 saturated carbocycles. The molecular formula is C8H7NOS. The van der Waals surface area contributed by atoms with E-state index in [1.165, 1.54) is 0 Å². The normalized spacial score (nSPS) is 10.6. The lowest BCUT2D eigenvalue weighted by Gasteiger charge is -1.88. The molecule has 1 heterocycles. The van der Waals surface area contributed by atoms with Crippen LogP contribution in [0.2, 0.25) is 0 Å². The molecule has 2 rings (SSSR count). The van der Waals surface area contributed by atoms with Gasteiger partial charge in [0.1, 0.15) is 0 Å². The van der Waals surface area contributed by atoms with Crippen molar-refractivity contribution in [3.63, 3.8) is 0 Å². The van der Waals surface area contributed by atoms with Gasteiger partial charge in [-0.15, -0.1) is 0 Å². The Balaban J connectivity index is 3.04. The lowest BCUT2D eigenvalue weighted by atomic mass is 10.3. The van der Waals surface area contributed by atoms with Gasteiger partial charge >= 0.3 is 0 Å². The standard InChI is InChI=1S/C8H7NOS/c1-9-6-4-2-3-5-7(6)10-8(9)11/h2-5H,1H3. The minimum Gasteiger partial charge on any atom is -0.429 e. The van der Waals surface area contributed by atoms with Gasteiger partial charge in [0.15, 0.2) is 5.58 Å². The molecule has 0 N–H and O–H groups in total. The molecule has 3 heteroatoms. The first kappa shape index (κ1) is 6.61. The minimum atomic E-state index is 0.520. The zero-order valence-electron chi connectivity index (χ0n) is 6.07. The van der Waals surface area contributed by atoms with E-state index in [1.807, 2.05) is 35.9 Å². The van der Waals surface area contributed by atoms with Gasteiger partial charge in [0.05, 0.1) is 5.52 Å². The van der Waals surface area contributed by atoms with Gasteiger partial charge in [0.25, 0.3) is 4.84 Å². The summed E-state index contributed by atoms with van der Waals surface area (Å²) in [6.45, 7) is 0. The lowest BCUT2D eigenvalue weighted by molar-refractivity contribution is 0.559. The summed E-state index contributed by atoms with van der Waals surface area (Å²) in [5.74, 6) is 0. The molecule has 0 saturated heterocycles. The van der Waals surface area contributed by atoms with Crippen LogP contribution in [0, 0.1) is 4.84 Å². The van der Waals surface area contributed by atoms with Crippen LogP contribution >= 0.6 is 12.2 Å². The maximum absolute atomic E-state index is 5.28. The first-order valence-electron chi connectivity index (χ1n) is 3.33. The largest absolute Gasteiger partial charge is 0.429 e. The summed E-state index contributed by atoms with van der Waals surface area (Å²) < 4.78 is 7.13. The predicted molar refractivity (Wildman–Crippen MR) is 46.0 cm³/mol. The first-order chi connectivity index (χ1) is 5.29. The van der Waals surface area contributed by atoms with Gasteiger partial charge in [-0.3, -0.25) is 0 Å². The molecule has 0 atom stereocenters. The smallest absolute Gasteiger partial charge is 0.269 e. The summed E-state index contributed by atoms with van der Waals surface area (Å²) in [6, 6.07) is 7.78. The summed E-state index contributed by atoms with van der Waals surface area (Å²) in [6.07, 6.45) is 0. The molecule has 0 aliphatic rings. The molecule has 0 aliphatic carbocycles. The fourth-order valence-corrected chi connectivity index (χ4v) is 1.27. The number of aryl methyl sites for hydroxylation is 1. The monoisotopic (exact) mass is 165 g/mol. The third-order valence-corrected chi connectivity index (χ3v) is 2.05. The molecule has 0 bridgehead atoms. The number of aromatic nitrogens is 1. The number of oxazole rings is 1. The highest BCUT2D eigenvalue weighted by Gasteiger charge is 1.99. The molecule has 0 fully saturated rings. The Morgan fingerprint density at radius 3 is 2.82 bits per heavy atom. The summed E-state index contributed by atoms with van der Waals surface area (Å²) in [5.41, 5.74) is 1.89. The van der Waals surface area contributed by atoms with Crippen LogP contribution in [0.1, 0.15) is 0 Å². The fraction of sp³-hybridized carbons (Fsp3) is 0.125. The highest BCUT2D eigenvalue weighted by atomic mass is 32.1. The second kappa shape index (κ2) is 2.20. The van der Waals surface area contributed by atoms with E-state index in [2.05, 4.69) is 0 Å². The van der Waals surface area contributed by atoms with Crippen molar-refractivity contribution in [2.75, 3.05) is 0 Å². The molecule has 1 aromatic heterocycles. The Hall–Kier alpha value is -1.09. The van der Waals surface area contributed by atoms with Gasteiger partial charge in [-0.05, 0) is 24.4 Å². The van der Waals surface area contributed by atoms with Crippen molar-refractivity contribution >= 4 is 23.3 Å². The van der Waals surface area contributed by atoms with E-state index in [0.717, 1.165) is 11.1 Å². The van der Waals surface area contributed by atoms with E-state index in [0.29, 0.717) is 4.84 Å². The second-order valence-corrected chi connectivity index (χ2v) is 2.74. The molecule has 0 aliphatic heterocycles. The van der Waals surface area contributed by atoms with E-state index in [4.69, 9.17) is 16.6 Å². The Bertz CT molecular complexity index is 441. The summed E-state index contributed by atoms with van der Waals surface area (Å²) in [4.78, 5) is 0.520. The number of nitrogens with zero attached hydrogens (tertiary/aromatic N) is 1. The SMILES string of the molecule is Cn1c(=S)oc2ccccc21. The first-order valence-corrected chi connectivity index (χ1v) is 3.74. The van der Waals surface area contributed by atoms with Crippen LogP contribution in [0.3, 0.4) is 0 Å². The zero-order chi connectivity index (χ0) is 7.84. The van der Waals surface area contributed by atoms with Crippen molar-refractivity contribution in [3.05, 3.63) is 29.1 Å². The van der Waals surface area contributed by atoms with Crippen LogP contribution in [0.15, 0.2) is 28.7 Å². The van der Waals surface area contributed by atoms with Crippen molar-refractivity contribution in [3.8, 4) is 0 Å². The van der Waals surface area contributed by atoms with Crippen LogP contribution in [0.4, 0.5) is 0 Å². The summed E-state index contributed by atoms with van der Waals surface area (Å²) in [5, 5.41) is 0. The van der Waals surface area contributed by atoms with Crippen LogP contribution in [-0.4, -0.2) is 4.57 Å². The molecule has 2 nitrogen and oxygen atoms in total. The van der Waals surface area contributed by atoms with Crippen LogP contribution in [0.25, 0.3) is 11.1 Å². The third-order valence-electron chi connectivity index (χ3n) is 1.70. The molecular weight excluding hydrogens is 158 g/mol. The highest BCUT2D eigenvalue weighted by Crippen LogP contribution is 2.14. The van der Waals surface area contributed by atoms with Gasteiger partial charge in [0, 0.05) is 7.05 Å². The van der Waals surface area contributed by atoms with E-state index < -0.39 is 0 Å². The van der Waals surface area contributed by atoms with Crippen molar-refractivity contribution in [1.82, 2.24) is 4.57 Å². The van der Waals surface area contributed by atoms with Gasteiger partial charge < -0.3 is 8.98 Å². The van der Waals surface area contributed by atoms with E-state index in [-0.39, 0.29) is 0 Å². The average Bonchev–Trinajstić information content (AvgIpc) is 2.30. The molecule has 0 radical (unpaired) electrons. The maximum Gasteiger partial charge on any atom is 0.269 e. The molecule has 2 aromatic rings. The average molecular weight is 165 g/mol. The molecule has 11 heavy (non-hydrogen) atoms. The predicted octanol–water partition coefficient (Wildman–Crippen LogP) is 2.50. The number of para-hydroxylation sites is 2. The van der Waals surface area contributed by atoms with Gasteiger partial charge in [-0.1, -0.05) is 12.1 Å². The molecule has 0 spiro atoms. The molecule has 0 unspecified atom stereocenters. The second-order valence-electron chi connectivity index (χ2n) is 2.39. The van der Waals surface area contributed by atoms with Crippen LogP contribution in [-0.2, 0) is 7.05 Å². The van der Waals surface area contributed by atoms with Gasteiger partial charge in [-0.25, -0.2) is 0 Å². The van der Waals surface area contributed by atoms with Gasteiger partial charge in [0.2, 0.25) is 0 Å². The topological polar surface area (TPSA) is 18.1 Å². The number of hydrogen-bond donors (Lipinski definition) is 0. The van der Waals surface area contributed by atoms with E-state index >= 15 is 0 Å². The number of rotatable bonds is 0. The third kappa shape index (κ3) is 0.886. The Labute approximate surface area is 69.1 Å². The Morgan fingerprint density at radius 1 is 1.36 bits per heavy atom. The molecule has 0 amide bonds. The number of benzene rings is 1. The number of fused-ring (bicyclic) bond motifs is 1. The van der Waals surface area contributed by atoms with Crippen LogP contribution in [0.5, 0.6) is 0 Å². The molecule has 56 valence electrons.